The zero-order valence-corrected chi connectivity index (χ0v) is 22.0. The van der Waals surface area contributed by atoms with Crippen molar-refractivity contribution in [1.82, 2.24) is 15.5 Å². The van der Waals surface area contributed by atoms with Crippen molar-refractivity contribution < 1.29 is 31.2 Å². The summed E-state index contributed by atoms with van der Waals surface area (Å²) < 4.78 is 67.6. The van der Waals surface area contributed by atoms with Gasteiger partial charge in [-0.15, -0.1) is 11.3 Å². The number of rotatable bonds is 8. The molecule has 0 radical (unpaired) electrons. The fraction of sp³-hybridized carbons (Fsp3) is 0.478. The van der Waals surface area contributed by atoms with Crippen LogP contribution in [0.4, 0.5) is 23.7 Å². The highest BCUT2D eigenvalue weighted by Crippen LogP contribution is 2.38. The van der Waals surface area contributed by atoms with Gasteiger partial charge in [0.2, 0.25) is 5.91 Å². The molecule has 2 aromatic rings. The van der Waals surface area contributed by atoms with Crippen molar-refractivity contribution in [2.75, 3.05) is 30.5 Å². The molecule has 2 N–H and O–H groups in total. The van der Waals surface area contributed by atoms with Gasteiger partial charge in [-0.3, -0.25) is 9.10 Å². The molecule has 1 saturated carbocycles. The normalized spacial score (nSPS) is 18.4. The van der Waals surface area contributed by atoms with E-state index in [1.54, 1.807) is 0 Å². The number of carbonyl (C=O) groups is 2. The molecular formula is C23H26ClF3N4O4S2. The van der Waals surface area contributed by atoms with Crippen LogP contribution in [-0.4, -0.2) is 57.5 Å². The highest BCUT2D eigenvalue weighted by atomic mass is 35.5. The van der Waals surface area contributed by atoms with Crippen LogP contribution >= 0.6 is 22.9 Å². The Morgan fingerprint density at radius 2 is 1.95 bits per heavy atom. The largest absolute Gasteiger partial charge is 0.416 e. The van der Waals surface area contributed by atoms with Crippen molar-refractivity contribution in [1.29, 1.82) is 0 Å². The van der Waals surface area contributed by atoms with Gasteiger partial charge in [-0.1, -0.05) is 17.7 Å². The summed E-state index contributed by atoms with van der Waals surface area (Å²) >= 11 is 7.05. The van der Waals surface area contributed by atoms with Crippen molar-refractivity contribution >= 4 is 50.6 Å². The van der Waals surface area contributed by atoms with E-state index in [9.17, 15) is 31.2 Å². The molecule has 4 rings (SSSR count). The molecule has 1 unspecified atom stereocenters. The zero-order valence-electron chi connectivity index (χ0n) is 19.6. The van der Waals surface area contributed by atoms with E-state index >= 15 is 0 Å². The van der Waals surface area contributed by atoms with E-state index in [1.165, 1.54) is 22.4 Å². The van der Waals surface area contributed by atoms with Gasteiger partial charge in [-0.05, 0) is 61.2 Å². The van der Waals surface area contributed by atoms with E-state index in [1.807, 2.05) is 0 Å². The van der Waals surface area contributed by atoms with E-state index in [0.717, 1.165) is 42.7 Å². The Bertz CT molecular complexity index is 1240. The second-order valence-electron chi connectivity index (χ2n) is 9.08. The smallest absolute Gasteiger partial charge is 0.341 e. The van der Waals surface area contributed by atoms with Gasteiger partial charge >= 0.3 is 12.2 Å². The number of anilines is 1. The third-order valence-corrected chi connectivity index (χ3v) is 9.65. The quantitative estimate of drug-likeness (QED) is 0.487. The van der Waals surface area contributed by atoms with Gasteiger partial charge < -0.3 is 15.5 Å². The lowest BCUT2D eigenvalue weighted by Crippen LogP contribution is -2.49. The summed E-state index contributed by atoms with van der Waals surface area (Å²) in [7, 11) is -4.38. The van der Waals surface area contributed by atoms with Crippen molar-refractivity contribution in [3.8, 4) is 0 Å². The molecule has 2 heterocycles. The number of amides is 3. The molecule has 14 heteroatoms. The number of halogens is 4. The van der Waals surface area contributed by atoms with E-state index in [4.69, 9.17) is 11.6 Å². The van der Waals surface area contributed by atoms with Gasteiger partial charge in [0, 0.05) is 25.7 Å². The van der Waals surface area contributed by atoms with E-state index < -0.39 is 39.9 Å². The molecule has 1 aromatic carbocycles. The number of likely N-dealkylation sites (tertiary alicyclic amines) is 1. The fourth-order valence-electron chi connectivity index (χ4n) is 4.08. The Morgan fingerprint density at radius 1 is 1.19 bits per heavy atom. The molecule has 1 aromatic heterocycles. The number of thiophene rings is 1. The minimum Gasteiger partial charge on any atom is -0.341 e. The molecule has 2 aliphatic rings. The van der Waals surface area contributed by atoms with Crippen LogP contribution in [-0.2, 0) is 21.0 Å². The molecule has 37 heavy (non-hydrogen) atoms. The van der Waals surface area contributed by atoms with Crippen LogP contribution in [0.2, 0.25) is 5.02 Å². The van der Waals surface area contributed by atoms with Crippen molar-refractivity contribution in [3.63, 3.8) is 0 Å². The van der Waals surface area contributed by atoms with Crippen LogP contribution < -0.4 is 14.9 Å². The van der Waals surface area contributed by atoms with Crippen LogP contribution in [0.3, 0.4) is 0 Å². The highest BCUT2D eigenvalue weighted by molar-refractivity contribution is 7.94. The SMILES string of the molecule is O=C(NCC1CCCN(C(=O)CN(c2cc(C(F)(F)F)ccc2Cl)S(=O)(=O)c2cccs2)C1)NC1CC1. The Kier molecular flexibility index (Phi) is 8.24. The molecule has 1 atom stereocenters. The van der Waals surface area contributed by atoms with Gasteiger partial charge in [0.1, 0.15) is 10.8 Å². The summed E-state index contributed by atoms with van der Waals surface area (Å²) in [6, 6.07) is 5.12. The van der Waals surface area contributed by atoms with Crippen molar-refractivity contribution in [2.24, 2.45) is 5.92 Å². The molecule has 3 amide bonds. The van der Waals surface area contributed by atoms with E-state index in [2.05, 4.69) is 10.6 Å². The van der Waals surface area contributed by atoms with Crippen molar-refractivity contribution in [3.05, 3.63) is 46.3 Å². The summed E-state index contributed by atoms with van der Waals surface area (Å²) in [5, 5.41) is 6.91. The number of alkyl halides is 3. The number of carbonyl (C=O) groups excluding carboxylic acids is 2. The topological polar surface area (TPSA) is 98.8 Å². The predicted molar refractivity (Wildman–Crippen MR) is 134 cm³/mol. The lowest BCUT2D eigenvalue weighted by molar-refractivity contribution is -0.137. The van der Waals surface area contributed by atoms with Gasteiger partial charge in [-0.2, -0.15) is 13.2 Å². The van der Waals surface area contributed by atoms with Crippen LogP contribution in [0, 0.1) is 5.92 Å². The zero-order chi connectivity index (χ0) is 26.8. The minimum absolute atomic E-state index is 0.0397. The monoisotopic (exact) mass is 578 g/mol. The van der Waals surface area contributed by atoms with E-state index in [0.29, 0.717) is 29.9 Å². The van der Waals surface area contributed by atoms with Crippen LogP contribution in [0.1, 0.15) is 31.2 Å². The molecular weight excluding hydrogens is 553 g/mol. The molecule has 0 bridgehead atoms. The third kappa shape index (κ3) is 6.88. The van der Waals surface area contributed by atoms with Crippen LogP contribution in [0.15, 0.2) is 39.9 Å². The van der Waals surface area contributed by atoms with Gasteiger partial charge in [0.05, 0.1) is 16.3 Å². The summed E-state index contributed by atoms with van der Waals surface area (Å²) in [5.74, 6) is -0.608. The average Bonchev–Trinajstić information content (AvgIpc) is 3.47. The maximum Gasteiger partial charge on any atom is 0.416 e. The number of piperidine rings is 1. The van der Waals surface area contributed by atoms with Gasteiger partial charge in [0.15, 0.2) is 0 Å². The maximum atomic E-state index is 13.4. The Hall–Kier alpha value is -2.51. The Morgan fingerprint density at radius 3 is 2.59 bits per heavy atom. The molecule has 1 aliphatic carbocycles. The maximum absolute atomic E-state index is 13.4. The molecule has 2 fully saturated rings. The number of hydrogen-bond donors (Lipinski definition) is 2. The lowest BCUT2D eigenvalue weighted by Gasteiger charge is -2.34. The number of nitrogens with one attached hydrogen (secondary N) is 2. The average molecular weight is 579 g/mol. The molecule has 202 valence electrons. The fourth-order valence-corrected chi connectivity index (χ4v) is 6.88. The summed E-state index contributed by atoms with van der Waals surface area (Å²) in [4.78, 5) is 26.7. The lowest BCUT2D eigenvalue weighted by atomic mass is 9.98. The number of benzene rings is 1. The van der Waals surface area contributed by atoms with E-state index in [-0.39, 0.29) is 33.8 Å². The van der Waals surface area contributed by atoms with Crippen molar-refractivity contribution in [2.45, 2.75) is 42.1 Å². The second kappa shape index (κ2) is 11.1. The van der Waals surface area contributed by atoms with Crippen LogP contribution in [0.5, 0.6) is 0 Å². The number of sulfonamides is 1. The summed E-state index contributed by atoms with van der Waals surface area (Å²) in [5.41, 5.74) is -1.51. The first-order chi connectivity index (χ1) is 17.4. The third-order valence-electron chi connectivity index (χ3n) is 6.20. The standard InChI is InChI=1S/C23H26ClF3N4O4S2/c24-18-8-5-16(23(25,26)27)11-19(18)31(37(34,35)21-4-2-10-36-21)14-20(32)30-9-1-3-15(13-30)12-28-22(33)29-17-6-7-17/h2,4-5,8,10-11,15,17H,1,3,6-7,9,12-14H2,(H2,28,29,33). The number of urea groups is 1. The number of nitrogens with zero attached hydrogens (tertiary/aromatic N) is 2. The predicted octanol–water partition coefficient (Wildman–Crippen LogP) is 4.32. The Balaban J connectivity index is 1.53. The Labute approximate surface area is 221 Å². The highest BCUT2D eigenvalue weighted by Gasteiger charge is 2.36. The summed E-state index contributed by atoms with van der Waals surface area (Å²) in [6.07, 6.45) is -1.41. The van der Waals surface area contributed by atoms with Crippen LogP contribution in [0.25, 0.3) is 0 Å². The molecule has 1 saturated heterocycles. The van der Waals surface area contributed by atoms with Gasteiger partial charge in [0.25, 0.3) is 10.0 Å². The molecule has 8 nitrogen and oxygen atoms in total. The summed E-state index contributed by atoms with van der Waals surface area (Å²) in [6.45, 7) is 0.279. The first-order valence-corrected chi connectivity index (χ1v) is 14.4. The van der Waals surface area contributed by atoms with Gasteiger partial charge in [-0.25, -0.2) is 13.2 Å². The first kappa shape index (κ1) is 27.5. The second-order valence-corrected chi connectivity index (χ2v) is 12.5. The molecule has 0 spiro atoms. The minimum atomic E-state index is -4.74. The first-order valence-electron chi connectivity index (χ1n) is 11.7. The number of hydrogen-bond acceptors (Lipinski definition) is 5. The molecule has 1 aliphatic heterocycles.